The molecule has 0 N–H and O–H groups in total. The lowest BCUT2D eigenvalue weighted by molar-refractivity contribution is 0.0270. The van der Waals surface area contributed by atoms with E-state index in [-0.39, 0.29) is 0 Å². The van der Waals surface area contributed by atoms with E-state index >= 15 is 0 Å². The molecule has 0 aliphatic carbocycles. The van der Waals surface area contributed by atoms with Gasteiger partial charge < -0.3 is 14.2 Å². The maximum Gasteiger partial charge on any atom is 0.142 e. The van der Waals surface area contributed by atoms with Gasteiger partial charge in [0, 0.05) is 37.3 Å². The summed E-state index contributed by atoms with van der Waals surface area (Å²) in [4.78, 5) is 4.53. The molecule has 2 heterocycles. The summed E-state index contributed by atoms with van der Waals surface area (Å²) in [5.74, 6) is 2.01. The molecule has 0 saturated carbocycles. The average molecular weight is 340 g/mol. The Balaban J connectivity index is 1.14. The van der Waals surface area contributed by atoms with E-state index in [2.05, 4.69) is 34.1 Å². The predicted octanol–water partition coefficient (Wildman–Crippen LogP) is 2.71. The van der Waals surface area contributed by atoms with E-state index in [0.717, 1.165) is 50.9 Å². The normalized spacial score (nSPS) is 17.3. The standard InChI is InChI=1S/C20H24N2O3/c1-3-7-19-17(5-1)13-21(15-24-19)9-11-23-12-10-22-14-18-6-2-4-8-20(18)25-16-22/h1-8H,9-16H2. The molecule has 0 fully saturated rings. The van der Waals surface area contributed by atoms with Crippen molar-refractivity contribution < 1.29 is 14.2 Å². The van der Waals surface area contributed by atoms with Gasteiger partial charge in [-0.15, -0.1) is 0 Å². The summed E-state index contributed by atoms with van der Waals surface area (Å²) >= 11 is 0. The van der Waals surface area contributed by atoms with Gasteiger partial charge in [0.25, 0.3) is 0 Å². The largest absolute Gasteiger partial charge is 0.478 e. The molecule has 5 heteroatoms. The molecular weight excluding hydrogens is 316 g/mol. The van der Waals surface area contributed by atoms with E-state index in [4.69, 9.17) is 14.2 Å². The van der Waals surface area contributed by atoms with E-state index in [9.17, 15) is 0 Å². The van der Waals surface area contributed by atoms with Crippen LogP contribution in [0.4, 0.5) is 0 Å². The molecule has 25 heavy (non-hydrogen) atoms. The molecule has 0 bridgehead atoms. The smallest absolute Gasteiger partial charge is 0.142 e. The third kappa shape index (κ3) is 4.12. The van der Waals surface area contributed by atoms with Crippen LogP contribution in [0, 0.1) is 0 Å². The number of nitrogens with zero attached hydrogens (tertiary/aromatic N) is 2. The molecule has 0 unspecified atom stereocenters. The second-order valence-corrected chi connectivity index (χ2v) is 6.48. The van der Waals surface area contributed by atoms with Crippen LogP contribution in [-0.2, 0) is 17.8 Å². The van der Waals surface area contributed by atoms with Gasteiger partial charge in [0.05, 0.1) is 13.2 Å². The first-order valence-electron chi connectivity index (χ1n) is 8.82. The van der Waals surface area contributed by atoms with E-state index in [1.165, 1.54) is 11.1 Å². The third-order valence-corrected chi connectivity index (χ3v) is 4.64. The fourth-order valence-electron chi connectivity index (χ4n) is 3.22. The zero-order chi connectivity index (χ0) is 16.9. The molecule has 0 spiro atoms. The van der Waals surface area contributed by atoms with Crippen molar-refractivity contribution in [2.75, 3.05) is 39.8 Å². The topological polar surface area (TPSA) is 34.2 Å². The maximum atomic E-state index is 5.82. The number of hydrogen-bond donors (Lipinski definition) is 0. The number of fused-ring (bicyclic) bond motifs is 2. The van der Waals surface area contributed by atoms with E-state index in [1.54, 1.807) is 0 Å². The molecule has 0 radical (unpaired) electrons. The number of para-hydroxylation sites is 2. The van der Waals surface area contributed by atoms with Gasteiger partial charge in [-0.1, -0.05) is 36.4 Å². The molecule has 2 aliphatic rings. The molecule has 5 nitrogen and oxygen atoms in total. The molecular formula is C20H24N2O3. The number of ether oxygens (including phenoxy) is 3. The molecule has 2 aromatic rings. The average Bonchev–Trinajstić information content (AvgIpc) is 2.67. The molecule has 2 aliphatic heterocycles. The van der Waals surface area contributed by atoms with Crippen molar-refractivity contribution in [1.82, 2.24) is 9.80 Å². The van der Waals surface area contributed by atoms with Crippen LogP contribution in [0.15, 0.2) is 48.5 Å². The summed E-state index contributed by atoms with van der Waals surface area (Å²) in [6.45, 7) is 6.33. The van der Waals surface area contributed by atoms with Crippen LogP contribution in [-0.4, -0.2) is 49.6 Å². The second-order valence-electron chi connectivity index (χ2n) is 6.48. The fourth-order valence-corrected chi connectivity index (χ4v) is 3.22. The van der Waals surface area contributed by atoms with Crippen molar-refractivity contribution in [3.05, 3.63) is 59.7 Å². The van der Waals surface area contributed by atoms with Crippen molar-refractivity contribution in [3.8, 4) is 11.5 Å². The summed E-state index contributed by atoms with van der Waals surface area (Å²) in [6.07, 6.45) is 0. The van der Waals surface area contributed by atoms with Gasteiger partial charge in [-0.05, 0) is 12.1 Å². The van der Waals surface area contributed by atoms with Crippen molar-refractivity contribution in [3.63, 3.8) is 0 Å². The Hall–Kier alpha value is -2.08. The van der Waals surface area contributed by atoms with Crippen LogP contribution in [0.5, 0.6) is 11.5 Å². The third-order valence-electron chi connectivity index (χ3n) is 4.64. The van der Waals surface area contributed by atoms with Gasteiger partial charge in [-0.2, -0.15) is 0 Å². The molecule has 0 amide bonds. The van der Waals surface area contributed by atoms with E-state index < -0.39 is 0 Å². The number of benzene rings is 2. The van der Waals surface area contributed by atoms with Crippen LogP contribution >= 0.6 is 0 Å². The Kier molecular flexibility index (Phi) is 5.16. The fraction of sp³-hybridized carbons (Fsp3) is 0.400. The highest BCUT2D eigenvalue weighted by atomic mass is 16.5. The second kappa shape index (κ2) is 7.87. The van der Waals surface area contributed by atoms with Crippen LogP contribution in [0.3, 0.4) is 0 Å². The lowest BCUT2D eigenvalue weighted by atomic mass is 10.1. The summed E-state index contributed by atoms with van der Waals surface area (Å²) < 4.78 is 17.4. The number of rotatable bonds is 6. The minimum atomic E-state index is 0.636. The summed E-state index contributed by atoms with van der Waals surface area (Å²) in [7, 11) is 0. The summed E-state index contributed by atoms with van der Waals surface area (Å²) in [6, 6.07) is 16.4. The Morgan fingerprint density at radius 3 is 1.72 bits per heavy atom. The first-order chi connectivity index (χ1) is 12.4. The molecule has 4 rings (SSSR count). The molecule has 0 saturated heterocycles. The Morgan fingerprint density at radius 1 is 0.720 bits per heavy atom. The van der Waals surface area contributed by atoms with Crippen LogP contribution < -0.4 is 9.47 Å². The first-order valence-corrected chi connectivity index (χ1v) is 8.82. The van der Waals surface area contributed by atoms with Gasteiger partial charge in [-0.25, -0.2) is 0 Å². The van der Waals surface area contributed by atoms with E-state index in [0.29, 0.717) is 13.5 Å². The Morgan fingerprint density at radius 2 is 1.20 bits per heavy atom. The van der Waals surface area contributed by atoms with Crippen molar-refractivity contribution >= 4 is 0 Å². The minimum absolute atomic E-state index is 0.636. The quantitative estimate of drug-likeness (QED) is 0.756. The maximum absolute atomic E-state index is 5.82. The van der Waals surface area contributed by atoms with Crippen molar-refractivity contribution in [1.29, 1.82) is 0 Å². The van der Waals surface area contributed by atoms with Gasteiger partial charge in [0.1, 0.15) is 25.0 Å². The molecule has 2 aromatic carbocycles. The molecule has 0 aromatic heterocycles. The predicted molar refractivity (Wildman–Crippen MR) is 95.5 cm³/mol. The van der Waals surface area contributed by atoms with Gasteiger partial charge >= 0.3 is 0 Å². The lowest BCUT2D eigenvalue weighted by Crippen LogP contribution is -2.36. The van der Waals surface area contributed by atoms with E-state index in [1.807, 2.05) is 24.3 Å². The zero-order valence-corrected chi connectivity index (χ0v) is 14.4. The highest BCUT2D eigenvalue weighted by molar-refractivity contribution is 5.34. The monoisotopic (exact) mass is 340 g/mol. The highest BCUT2D eigenvalue weighted by Crippen LogP contribution is 2.24. The Bertz CT molecular complexity index is 647. The SMILES string of the molecule is c1ccc2c(c1)CN(CCOCCN1COc3ccccc3C1)CO2. The Labute approximate surface area is 148 Å². The minimum Gasteiger partial charge on any atom is -0.478 e. The van der Waals surface area contributed by atoms with Crippen LogP contribution in [0.1, 0.15) is 11.1 Å². The number of hydrogen-bond acceptors (Lipinski definition) is 5. The van der Waals surface area contributed by atoms with Gasteiger partial charge in [0.2, 0.25) is 0 Å². The van der Waals surface area contributed by atoms with Crippen molar-refractivity contribution in [2.45, 2.75) is 13.1 Å². The lowest BCUT2D eigenvalue weighted by Gasteiger charge is -2.29. The van der Waals surface area contributed by atoms with Crippen LogP contribution in [0.2, 0.25) is 0 Å². The van der Waals surface area contributed by atoms with Crippen LogP contribution in [0.25, 0.3) is 0 Å². The highest BCUT2D eigenvalue weighted by Gasteiger charge is 2.17. The molecule has 0 atom stereocenters. The first kappa shape index (κ1) is 16.4. The van der Waals surface area contributed by atoms with Crippen molar-refractivity contribution in [2.24, 2.45) is 0 Å². The zero-order valence-electron chi connectivity index (χ0n) is 14.4. The summed E-state index contributed by atoms with van der Waals surface area (Å²) in [5.41, 5.74) is 2.50. The van der Waals surface area contributed by atoms with Gasteiger partial charge in [0.15, 0.2) is 0 Å². The van der Waals surface area contributed by atoms with Gasteiger partial charge in [-0.3, -0.25) is 9.80 Å². The summed E-state index contributed by atoms with van der Waals surface area (Å²) in [5, 5.41) is 0. The molecule has 132 valence electrons.